The van der Waals surface area contributed by atoms with E-state index in [1.165, 1.54) is 11.3 Å². The Kier molecular flexibility index (Phi) is 4.67. The molecule has 2 aromatic rings. The summed E-state index contributed by atoms with van der Waals surface area (Å²) in [5.74, 6) is -2.21. The standard InChI is InChI=1S/C17H23F2N3S/c1-11-4-6-13(20-9-11)12-5-7-15-14(8-12)21-16(23-15)17(18,19)10-22(2)3/h5,7-8,11,13,20H,4,6,9-10H2,1-3H3/t11-,13+/m0/s1. The number of nitrogens with zero attached hydrogens (tertiary/aromatic N) is 2. The quantitative estimate of drug-likeness (QED) is 0.912. The molecule has 1 aromatic carbocycles. The van der Waals surface area contributed by atoms with E-state index in [1.54, 1.807) is 14.1 Å². The van der Waals surface area contributed by atoms with E-state index in [4.69, 9.17) is 0 Å². The van der Waals surface area contributed by atoms with Crippen molar-refractivity contribution in [2.75, 3.05) is 27.2 Å². The highest BCUT2D eigenvalue weighted by atomic mass is 32.1. The highest BCUT2D eigenvalue weighted by molar-refractivity contribution is 7.18. The Morgan fingerprint density at radius 2 is 2.13 bits per heavy atom. The lowest BCUT2D eigenvalue weighted by Crippen LogP contribution is -2.31. The van der Waals surface area contributed by atoms with Crippen molar-refractivity contribution in [2.45, 2.75) is 31.7 Å². The number of halogens is 2. The maximum absolute atomic E-state index is 14.2. The average molecular weight is 339 g/mol. The summed E-state index contributed by atoms with van der Waals surface area (Å²) in [6.45, 7) is 2.93. The number of alkyl halides is 2. The molecule has 0 unspecified atom stereocenters. The van der Waals surface area contributed by atoms with Gasteiger partial charge in [-0.3, -0.25) is 0 Å². The van der Waals surface area contributed by atoms with Gasteiger partial charge in [0.05, 0.1) is 16.8 Å². The number of aromatic nitrogens is 1. The van der Waals surface area contributed by atoms with Gasteiger partial charge in [0.25, 0.3) is 0 Å². The molecule has 1 aromatic heterocycles. The molecule has 0 aliphatic carbocycles. The molecule has 0 bridgehead atoms. The first-order valence-corrected chi connectivity index (χ1v) is 8.84. The zero-order valence-electron chi connectivity index (χ0n) is 13.8. The fourth-order valence-electron chi connectivity index (χ4n) is 3.07. The van der Waals surface area contributed by atoms with Gasteiger partial charge in [0, 0.05) is 6.04 Å². The largest absolute Gasteiger partial charge is 0.311 e. The molecule has 2 atom stereocenters. The molecule has 1 saturated heterocycles. The summed E-state index contributed by atoms with van der Waals surface area (Å²) < 4.78 is 29.3. The van der Waals surface area contributed by atoms with E-state index in [1.807, 2.05) is 18.2 Å². The van der Waals surface area contributed by atoms with Crippen LogP contribution in [0.3, 0.4) is 0 Å². The summed E-state index contributed by atoms with van der Waals surface area (Å²) in [5, 5.41) is 3.44. The van der Waals surface area contributed by atoms with Crippen molar-refractivity contribution < 1.29 is 8.78 Å². The Hall–Kier alpha value is -1.11. The summed E-state index contributed by atoms with van der Waals surface area (Å²) in [7, 11) is 3.30. The van der Waals surface area contributed by atoms with Crippen LogP contribution in [-0.2, 0) is 5.92 Å². The Morgan fingerprint density at radius 1 is 1.35 bits per heavy atom. The molecular weight excluding hydrogens is 316 g/mol. The van der Waals surface area contributed by atoms with Gasteiger partial charge in [0.2, 0.25) is 0 Å². The fraction of sp³-hybridized carbons (Fsp3) is 0.588. The van der Waals surface area contributed by atoms with Gasteiger partial charge in [-0.25, -0.2) is 4.98 Å². The lowest BCUT2D eigenvalue weighted by atomic mass is 9.92. The summed E-state index contributed by atoms with van der Waals surface area (Å²) in [6.07, 6.45) is 2.28. The van der Waals surface area contributed by atoms with E-state index in [2.05, 4.69) is 17.2 Å². The number of thiazole rings is 1. The van der Waals surface area contributed by atoms with Crippen molar-refractivity contribution in [3.8, 4) is 0 Å². The van der Waals surface area contributed by atoms with E-state index in [0.29, 0.717) is 17.5 Å². The number of hydrogen-bond donors (Lipinski definition) is 1. The third kappa shape index (κ3) is 3.70. The van der Waals surface area contributed by atoms with E-state index >= 15 is 0 Å². The Balaban J connectivity index is 1.86. The van der Waals surface area contributed by atoms with Crippen LogP contribution in [-0.4, -0.2) is 37.1 Å². The number of rotatable bonds is 4. The number of nitrogens with one attached hydrogen (secondary N) is 1. The molecule has 0 radical (unpaired) electrons. The lowest BCUT2D eigenvalue weighted by molar-refractivity contribution is -0.0269. The first-order valence-electron chi connectivity index (χ1n) is 8.02. The molecule has 0 saturated carbocycles. The molecule has 23 heavy (non-hydrogen) atoms. The molecule has 126 valence electrons. The van der Waals surface area contributed by atoms with Gasteiger partial charge in [-0.2, -0.15) is 8.78 Å². The maximum Gasteiger partial charge on any atom is 0.311 e. The van der Waals surface area contributed by atoms with Gasteiger partial charge in [-0.1, -0.05) is 13.0 Å². The predicted octanol–water partition coefficient (Wildman–Crippen LogP) is 4.01. The third-order valence-corrected chi connectivity index (χ3v) is 5.45. The highest BCUT2D eigenvalue weighted by Gasteiger charge is 2.36. The molecule has 3 nitrogen and oxygen atoms in total. The first-order chi connectivity index (χ1) is 10.8. The van der Waals surface area contributed by atoms with Crippen LogP contribution in [0.1, 0.15) is 36.4 Å². The van der Waals surface area contributed by atoms with Crippen molar-refractivity contribution in [3.05, 3.63) is 28.8 Å². The minimum absolute atomic E-state index is 0.0939. The molecule has 3 rings (SSSR count). The molecule has 1 aliphatic rings. The van der Waals surface area contributed by atoms with Crippen molar-refractivity contribution in [2.24, 2.45) is 5.92 Å². The number of hydrogen-bond acceptors (Lipinski definition) is 4. The lowest BCUT2D eigenvalue weighted by Gasteiger charge is -2.28. The summed E-state index contributed by atoms with van der Waals surface area (Å²) in [6, 6.07) is 6.25. The molecular formula is C17H23F2N3S. The van der Waals surface area contributed by atoms with Crippen LogP contribution >= 0.6 is 11.3 Å². The first kappa shape index (κ1) is 16.7. The molecule has 6 heteroatoms. The minimum atomic E-state index is -2.91. The van der Waals surface area contributed by atoms with Crippen LogP contribution in [0.15, 0.2) is 18.2 Å². The van der Waals surface area contributed by atoms with Crippen LogP contribution < -0.4 is 5.32 Å². The highest BCUT2D eigenvalue weighted by Crippen LogP contribution is 2.36. The van der Waals surface area contributed by atoms with Crippen LogP contribution in [0.5, 0.6) is 0 Å². The van der Waals surface area contributed by atoms with Crippen molar-refractivity contribution in [1.29, 1.82) is 0 Å². The van der Waals surface area contributed by atoms with Gasteiger partial charge in [0.15, 0.2) is 5.01 Å². The third-order valence-electron chi connectivity index (χ3n) is 4.30. The second-order valence-corrected chi connectivity index (χ2v) is 7.86. The fourth-order valence-corrected chi connectivity index (χ4v) is 3.98. The predicted molar refractivity (Wildman–Crippen MR) is 91.2 cm³/mol. The van der Waals surface area contributed by atoms with Crippen molar-refractivity contribution >= 4 is 21.6 Å². The van der Waals surface area contributed by atoms with Crippen molar-refractivity contribution in [3.63, 3.8) is 0 Å². The second-order valence-electron chi connectivity index (χ2n) is 6.83. The van der Waals surface area contributed by atoms with E-state index in [-0.39, 0.29) is 11.6 Å². The smallest absolute Gasteiger partial charge is 0.310 e. The summed E-state index contributed by atoms with van der Waals surface area (Å²) >= 11 is 1.09. The minimum Gasteiger partial charge on any atom is -0.310 e. The normalized spacial score (nSPS) is 22.9. The second kappa shape index (κ2) is 6.42. The monoisotopic (exact) mass is 339 g/mol. The maximum atomic E-state index is 14.2. The molecule has 1 N–H and O–H groups in total. The SMILES string of the molecule is C[C@H]1CC[C@H](c2ccc3sc(C(F)(F)CN(C)C)nc3c2)NC1. The molecule has 2 heterocycles. The molecule has 0 amide bonds. The van der Waals surface area contributed by atoms with E-state index < -0.39 is 5.92 Å². The molecule has 1 fully saturated rings. The summed E-state index contributed by atoms with van der Waals surface area (Å²) in [5.41, 5.74) is 1.83. The van der Waals surface area contributed by atoms with Crippen molar-refractivity contribution in [1.82, 2.24) is 15.2 Å². The molecule has 0 spiro atoms. The van der Waals surface area contributed by atoms with Crippen LogP contribution in [0, 0.1) is 5.92 Å². The van der Waals surface area contributed by atoms with Gasteiger partial charge >= 0.3 is 5.92 Å². The van der Waals surface area contributed by atoms with Gasteiger partial charge < -0.3 is 10.2 Å². The van der Waals surface area contributed by atoms with Gasteiger partial charge in [-0.05, 0) is 57.1 Å². The summed E-state index contributed by atoms with van der Waals surface area (Å²) in [4.78, 5) is 5.71. The number of fused-ring (bicyclic) bond motifs is 1. The number of piperidine rings is 1. The van der Waals surface area contributed by atoms with Gasteiger partial charge in [0.1, 0.15) is 0 Å². The molecule has 1 aliphatic heterocycles. The number of benzene rings is 1. The van der Waals surface area contributed by atoms with Gasteiger partial charge in [-0.15, -0.1) is 11.3 Å². The van der Waals surface area contributed by atoms with Crippen LogP contribution in [0.4, 0.5) is 8.78 Å². The zero-order valence-corrected chi connectivity index (χ0v) is 14.6. The zero-order chi connectivity index (χ0) is 16.6. The van der Waals surface area contributed by atoms with E-state index in [0.717, 1.165) is 34.6 Å². The van der Waals surface area contributed by atoms with Crippen LogP contribution in [0.25, 0.3) is 10.2 Å². The Bertz CT molecular complexity index is 676. The number of likely N-dealkylation sites (N-methyl/N-ethyl adjacent to an activating group) is 1. The average Bonchev–Trinajstić information content (AvgIpc) is 2.90. The Labute approximate surface area is 139 Å². The van der Waals surface area contributed by atoms with E-state index in [9.17, 15) is 8.78 Å². The van der Waals surface area contributed by atoms with Crippen LogP contribution in [0.2, 0.25) is 0 Å². The Morgan fingerprint density at radius 3 is 2.78 bits per heavy atom. The topological polar surface area (TPSA) is 28.2 Å².